The van der Waals surface area contributed by atoms with E-state index in [1.54, 1.807) is 6.07 Å². The summed E-state index contributed by atoms with van der Waals surface area (Å²) in [5.74, 6) is 1.21. The lowest BCUT2D eigenvalue weighted by atomic mass is 10.1. The number of nitrogens with two attached hydrogens (primary N) is 1. The second-order valence-corrected chi connectivity index (χ2v) is 3.21. The predicted molar refractivity (Wildman–Crippen MR) is 51.7 cm³/mol. The van der Waals surface area contributed by atoms with Crippen LogP contribution in [0, 0.1) is 0 Å². The van der Waals surface area contributed by atoms with Crippen molar-refractivity contribution >= 4 is 0 Å². The quantitative estimate of drug-likeness (QED) is 0.743. The van der Waals surface area contributed by atoms with E-state index in [4.69, 9.17) is 15.2 Å². The first-order valence-electron chi connectivity index (χ1n) is 4.60. The van der Waals surface area contributed by atoms with Crippen LogP contribution in [0.1, 0.15) is 18.5 Å². The lowest BCUT2D eigenvalue weighted by molar-refractivity contribution is 0.314. The van der Waals surface area contributed by atoms with Gasteiger partial charge in [-0.2, -0.15) is 0 Å². The molecule has 0 radical (unpaired) electrons. The number of ether oxygens (including phenoxy) is 2. The van der Waals surface area contributed by atoms with Crippen molar-refractivity contribution in [3.8, 4) is 17.2 Å². The van der Waals surface area contributed by atoms with E-state index in [1.807, 2.05) is 13.0 Å². The fraction of sp³-hybridized carbons (Fsp3) is 0.400. The number of phenolic OH excluding ortho intramolecular Hbond substituents is 1. The number of aromatic hydroxyl groups is 1. The molecule has 4 heteroatoms. The van der Waals surface area contributed by atoms with Crippen LogP contribution in [-0.4, -0.2) is 18.3 Å². The van der Waals surface area contributed by atoms with Gasteiger partial charge < -0.3 is 20.3 Å². The highest BCUT2D eigenvalue weighted by atomic mass is 16.5. The molecule has 1 aliphatic heterocycles. The zero-order chi connectivity index (χ0) is 10.1. The Balaban J connectivity index is 2.42. The molecule has 1 aliphatic rings. The Hall–Kier alpha value is -1.42. The zero-order valence-electron chi connectivity index (χ0n) is 7.99. The van der Waals surface area contributed by atoms with Gasteiger partial charge in [-0.3, -0.25) is 0 Å². The van der Waals surface area contributed by atoms with E-state index in [0.29, 0.717) is 24.7 Å². The summed E-state index contributed by atoms with van der Waals surface area (Å²) in [7, 11) is 0. The molecule has 4 nitrogen and oxygen atoms in total. The van der Waals surface area contributed by atoms with Crippen LogP contribution in [0.4, 0.5) is 0 Å². The van der Waals surface area contributed by atoms with Crippen molar-refractivity contribution in [1.82, 2.24) is 0 Å². The standard InChI is InChI=1S/C10H13NO3/c1-2-13-6-3-7-8(11)5-14-10(7)9(12)4-6/h3-4,8,12H,2,5,11H2,1H3. The van der Waals surface area contributed by atoms with Crippen molar-refractivity contribution < 1.29 is 14.6 Å². The molecule has 3 N–H and O–H groups in total. The Morgan fingerprint density at radius 1 is 1.64 bits per heavy atom. The molecule has 1 aromatic carbocycles. The van der Waals surface area contributed by atoms with E-state index in [1.165, 1.54) is 0 Å². The molecule has 0 spiro atoms. The van der Waals surface area contributed by atoms with Crippen LogP contribution in [0.5, 0.6) is 17.2 Å². The fourth-order valence-electron chi connectivity index (χ4n) is 1.55. The maximum atomic E-state index is 9.60. The Labute approximate surface area is 82.2 Å². The topological polar surface area (TPSA) is 64.7 Å². The van der Waals surface area contributed by atoms with Crippen molar-refractivity contribution in [1.29, 1.82) is 0 Å². The lowest BCUT2D eigenvalue weighted by Crippen LogP contribution is -2.10. The molecule has 0 aromatic heterocycles. The van der Waals surface area contributed by atoms with E-state index >= 15 is 0 Å². The van der Waals surface area contributed by atoms with E-state index < -0.39 is 0 Å². The van der Waals surface area contributed by atoms with Gasteiger partial charge in [-0.15, -0.1) is 0 Å². The average Bonchev–Trinajstić information content (AvgIpc) is 2.49. The van der Waals surface area contributed by atoms with Crippen LogP contribution < -0.4 is 15.2 Å². The summed E-state index contributed by atoms with van der Waals surface area (Å²) in [6, 6.07) is 3.19. The van der Waals surface area contributed by atoms with Gasteiger partial charge in [-0.25, -0.2) is 0 Å². The van der Waals surface area contributed by atoms with Gasteiger partial charge in [0.2, 0.25) is 0 Å². The normalized spacial score (nSPS) is 18.9. The first-order valence-corrected chi connectivity index (χ1v) is 4.60. The molecule has 0 saturated carbocycles. The number of phenols is 1. The van der Waals surface area contributed by atoms with Crippen LogP contribution in [0.15, 0.2) is 12.1 Å². The Kier molecular flexibility index (Phi) is 2.21. The Bertz CT molecular complexity index is 351. The van der Waals surface area contributed by atoms with Crippen LogP contribution in [0.3, 0.4) is 0 Å². The van der Waals surface area contributed by atoms with Gasteiger partial charge >= 0.3 is 0 Å². The molecule has 0 saturated heterocycles. The number of hydrogen-bond acceptors (Lipinski definition) is 4. The lowest BCUT2D eigenvalue weighted by Gasteiger charge is -2.07. The summed E-state index contributed by atoms with van der Waals surface area (Å²) in [5, 5.41) is 9.60. The van der Waals surface area contributed by atoms with Gasteiger partial charge in [0, 0.05) is 11.6 Å². The SMILES string of the molecule is CCOc1cc(O)c2c(c1)C(N)CO2. The maximum absolute atomic E-state index is 9.60. The minimum Gasteiger partial charge on any atom is -0.504 e. The zero-order valence-corrected chi connectivity index (χ0v) is 7.99. The van der Waals surface area contributed by atoms with Gasteiger partial charge in [0.15, 0.2) is 11.5 Å². The molecular weight excluding hydrogens is 182 g/mol. The monoisotopic (exact) mass is 195 g/mol. The fourth-order valence-corrected chi connectivity index (χ4v) is 1.55. The molecule has 1 atom stereocenters. The number of fused-ring (bicyclic) bond motifs is 1. The van der Waals surface area contributed by atoms with Crippen LogP contribution in [0.2, 0.25) is 0 Å². The van der Waals surface area contributed by atoms with E-state index in [-0.39, 0.29) is 11.8 Å². The van der Waals surface area contributed by atoms with Crippen LogP contribution in [-0.2, 0) is 0 Å². The van der Waals surface area contributed by atoms with E-state index in [9.17, 15) is 5.11 Å². The maximum Gasteiger partial charge on any atom is 0.166 e. The molecule has 0 aliphatic carbocycles. The highest BCUT2D eigenvalue weighted by molar-refractivity contribution is 5.54. The minimum absolute atomic E-state index is 0.0962. The summed E-state index contributed by atoms with van der Waals surface area (Å²) in [6.07, 6.45) is 0. The third-order valence-electron chi connectivity index (χ3n) is 2.19. The molecule has 1 heterocycles. The molecule has 76 valence electrons. The van der Waals surface area contributed by atoms with Gasteiger partial charge in [-0.1, -0.05) is 0 Å². The Morgan fingerprint density at radius 2 is 2.43 bits per heavy atom. The molecule has 2 rings (SSSR count). The van der Waals surface area contributed by atoms with E-state index in [0.717, 1.165) is 5.56 Å². The van der Waals surface area contributed by atoms with Gasteiger partial charge in [0.25, 0.3) is 0 Å². The molecule has 0 bridgehead atoms. The molecule has 1 aromatic rings. The highest BCUT2D eigenvalue weighted by Crippen LogP contribution is 2.41. The molecule has 0 amide bonds. The summed E-state index contributed by atoms with van der Waals surface area (Å²) in [6.45, 7) is 2.87. The summed E-state index contributed by atoms with van der Waals surface area (Å²) >= 11 is 0. The highest BCUT2D eigenvalue weighted by Gasteiger charge is 2.24. The van der Waals surface area contributed by atoms with Crippen molar-refractivity contribution in [3.05, 3.63) is 17.7 Å². The number of benzene rings is 1. The average molecular weight is 195 g/mol. The second-order valence-electron chi connectivity index (χ2n) is 3.21. The van der Waals surface area contributed by atoms with E-state index in [2.05, 4.69) is 0 Å². The van der Waals surface area contributed by atoms with Gasteiger partial charge in [0.1, 0.15) is 12.4 Å². The third kappa shape index (κ3) is 1.37. The Morgan fingerprint density at radius 3 is 3.14 bits per heavy atom. The van der Waals surface area contributed by atoms with Crippen molar-refractivity contribution in [2.75, 3.05) is 13.2 Å². The summed E-state index contributed by atoms with van der Waals surface area (Å²) in [4.78, 5) is 0. The first-order chi connectivity index (χ1) is 6.72. The first kappa shape index (κ1) is 9.15. The molecular formula is C10H13NO3. The third-order valence-corrected chi connectivity index (χ3v) is 2.19. The molecule has 14 heavy (non-hydrogen) atoms. The summed E-state index contributed by atoms with van der Waals surface area (Å²) in [5.41, 5.74) is 6.60. The summed E-state index contributed by atoms with van der Waals surface area (Å²) < 4.78 is 10.5. The van der Waals surface area contributed by atoms with Gasteiger partial charge in [-0.05, 0) is 13.0 Å². The molecule has 1 unspecified atom stereocenters. The smallest absolute Gasteiger partial charge is 0.166 e. The minimum atomic E-state index is -0.170. The number of rotatable bonds is 2. The largest absolute Gasteiger partial charge is 0.504 e. The van der Waals surface area contributed by atoms with Crippen molar-refractivity contribution in [2.45, 2.75) is 13.0 Å². The number of hydrogen-bond donors (Lipinski definition) is 2. The van der Waals surface area contributed by atoms with Crippen LogP contribution in [0.25, 0.3) is 0 Å². The molecule has 0 fully saturated rings. The van der Waals surface area contributed by atoms with Gasteiger partial charge in [0.05, 0.1) is 12.6 Å². The van der Waals surface area contributed by atoms with Crippen LogP contribution >= 0.6 is 0 Å². The van der Waals surface area contributed by atoms with Crippen molar-refractivity contribution in [2.24, 2.45) is 5.73 Å². The second kappa shape index (κ2) is 3.38. The van der Waals surface area contributed by atoms with Crippen molar-refractivity contribution in [3.63, 3.8) is 0 Å². The predicted octanol–water partition coefficient (Wildman–Crippen LogP) is 1.18.